The fourth-order valence-electron chi connectivity index (χ4n) is 1.33. The molecule has 1 heterocycles. The Balaban J connectivity index is 2.32. The highest BCUT2D eigenvalue weighted by Gasteiger charge is 2.20. The highest BCUT2D eigenvalue weighted by Crippen LogP contribution is 2.09. The van der Waals surface area contributed by atoms with Gasteiger partial charge in [0.05, 0.1) is 5.01 Å². The molecule has 1 amide bonds. The highest BCUT2D eigenvalue weighted by molar-refractivity contribution is 7.09. The summed E-state index contributed by atoms with van der Waals surface area (Å²) in [4.78, 5) is 27.8. The van der Waals surface area contributed by atoms with Gasteiger partial charge >= 0.3 is 5.97 Å². The zero-order valence-corrected chi connectivity index (χ0v) is 10.7. The largest absolute Gasteiger partial charge is 0.480 e. The smallest absolute Gasteiger partial charge is 0.326 e. The standard InChI is InChI=1S/C11H16N2O3S/c1-8(11(15)16)13(2)10(14)5-3-4-9-12-6-7-17-9/h6-8H,3-5H2,1-2H3,(H,15,16). The minimum Gasteiger partial charge on any atom is -0.480 e. The molecule has 5 nitrogen and oxygen atoms in total. The van der Waals surface area contributed by atoms with Crippen molar-refractivity contribution in [1.29, 1.82) is 0 Å². The van der Waals surface area contributed by atoms with E-state index in [1.165, 1.54) is 18.9 Å². The summed E-state index contributed by atoms with van der Waals surface area (Å²) in [7, 11) is 1.52. The molecule has 0 bridgehead atoms. The van der Waals surface area contributed by atoms with E-state index in [4.69, 9.17) is 5.11 Å². The Kier molecular flexibility index (Phi) is 5.09. The summed E-state index contributed by atoms with van der Waals surface area (Å²) in [5.74, 6) is -1.13. The van der Waals surface area contributed by atoms with Gasteiger partial charge in [-0.15, -0.1) is 11.3 Å². The van der Waals surface area contributed by atoms with Crippen LogP contribution in [0.15, 0.2) is 11.6 Å². The summed E-state index contributed by atoms with van der Waals surface area (Å²) < 4.78 is 0. The van der Waals surface area contributed by atoms with E-state index < -0.39 is 12.0 Å². The number of aryl methyl sites for hydroxylation is 1. The normalized spacial score (nSPS) is 12.1. The number of carboxylic acid groups (broad SMARTS) is 1. The molecule has 6 heteroatoms. The molecule has 1 aromatic rings. The highest BCUT2D eigenvalue weighted by atomic mass is 32.1. The minimum absolute atomic E-state index is 0.142. The molecule has 0 fully saturated rings. The maximum Gasteiger partial charge on any atom is 0.326 e. The summed E-state index contributed by atoms with van der Waals surface area (Å²) in [6.07, 6.45) is 3.55. The van der Waals surface area contributed by atoms with Gasteiger partial charge in [0.25, 0.3) is 0 Å². The molecule has 0 radical (unpaired) electrons. The maximum absolute atomic E-state index is 11.7. The number of likely N-dealkylation sites (N-methyl/N-ethyl adjacent to an activating group) is 1. The molecule has 0 aliphatic carbocycles. The monoisotopic (exact) mass is 256 g/mol. The molecule has 94 valence electrons. The van der Waals surface area contributed by atoms with Gasteiger partial charge < -0.3 is 10.0 Å². The third-order valence-corrected chi connectivity index (χ3v) is 3.44. The van der Waals surface area contributed by atoms with Crippen LogP contribution in [-0.4, -0.2) is 40.0 Å². The summed E-state index contributed by atoms with van der Waals surface area (Å²) in [6.45, 7) is 1.50. The summed E-state index contributed by atoms with van der Waals surface area (Å²) in [5, 5.41) is 11.7. The van der Waals surface area contributed by atoms with Crippen LogP contribution in [0.2, 0.25) is 0 Å². The van der Waals surface area contributed by atoms with Crippen LogP contribution in [0.3, 0.4) is 0 Å². The first-order chi connectivity index (χ1) is 8.02. The first-order valence-corrected chi connectivity index (χ1v) is 6.27. The number of amides is 1. The van der Waals surface area contributed by atoms with Gasteiger partial charge in [-0.2, -0.15) is 0 Å². The lowest BCUT2D eigenvalue weighted by Gasteiger charge is -2.21. The molecule has 17 heavy (non-hydrogen) atoms. The Morgan fingerprint density at radius 1 is 1.59 bits per heavy atom. The molecule has 1 N–H and O–H groups in total. The SMILES string of the molecule is CC(C(=O)O)N(C)C(=O)CCCc1nccs1. The number of thiazole rings is 1. The average Bonchev–Trinajstić information content (AvgIpc) is 2.79. The number of hydrogen-bond donors (Lipinski definition) is 1. The lowest BCUT2D eigenvalue weighted by atomic mass is 10.2. The van der Waals surface area contributed by atoms with Crippen LogP contribution in [-0.2, 0) is 16.0 Å². The fourth-order valence-corrected chi connectivity index (χ4v) is 1.99. The van der Waals surface area contributed by atoms with E-state index in [-0.39, 0.29) is 5.91 Å². The van der Waals surface area contributed by atoms with Crippen LogP contribution in [0, 0.1) is 0 Å². The Hall–Kier alpha value is -1.43. The second-order valence-corrected chi connectivity index (χ2v) is 4.78. The molecule has 0 spiro atoms. The van der Waals surface area contributed by atoms with E-state index in [9.17, 15) is 9.59 Å². The van der Waals surface area contributed by atoms with Crippen LogP contribution in [0.5, 0.6) is 0 Å². The van der Waals surface area contributed by atoms with Crippen molar-refractivity contribution in [2.45, 2.75) is 32.2 Å². The van der Waals surface area contributed by atoms with Gasteiger partial charge in [-0.1, -0.05) is 0 Å². The zero-order chi connectivity index (χ0) is 12.8. The minimum atomic E-state index is -0.985. The lowest BCUT2D eigenvalue weighted by molar-refractivity contribution is -0.148. The Labute approximate surface area is 104 Å². The van der Waals surface area contributed by atoms with Gasteiger partial charge in [0.2, 0.25) is 5.91 Å². The quantitative estimate of drug-likeness (QED) is 0.835. The van der Waals surface area contributed by atoms with Crippen molar-refractivity contribution in [3.63, 3.8) is 0 Å². The zero-order valence-electron chi connectivity index (χ0n) is 9.92. The number of carbonyl (C=O) groups excluding carboxylic acids is 1. The number of aliphatic carboxylic acids is 1. The Bertz CT molecular complexity index is 378. The molecule has 1 unspecified atom stereocenters. The first-order valence-electron chi connectivity index (χ1n) is 5.39. The molecular formula is C11H16N2O3S. The van der Waals surface area contributed by atoms with Gasteiger partial charge in [0.1, 0.15) is 6.04 Å². The molecule has 0 saturated carbocycles. The second-order valence-electron chi connectivity index (χ2n) is 3.80. The van der Waals surface area contributed by atoms with Crippen molar-refractivity contribution in [2.24, 2.45) is 0 Å². The third-order valence-electron chi connectivity index (χ3n) is 2.60. The number of nitrogens with zero attached hydrogens (tertiary/aromatic N) is 2. The molecule has 1 aromatic heterocycles. The Morgan fingerprint density at radius 2 is 2.29 bits per heavy atom. The Morgan fingerprint density at radius 3 is 2.82 bits per heavy atom. The topological polar surface area (TPSA) is 70.5 Å². The average molecular weight is 256 g/mol. The van der Waals surface area contributed by atoms with E-state index in [1.54, 1.807) is 17.5 Å². The van der Waals surface area contributed by atoms with E-state index in [1.807, 2.05) is 5.38 Å². The van der Waals surface area contributed by atoms with E-state index in [2.05, 4.69) is 4.98 Å². The molecule has 1 rings (SSSR count). The van der Waals surface area contributed by atoms with Crippen molar-refractivity contribution < 1.29 is 14.7 Å². The van der Waals surface area contributed by atoms with Crippen molar-refractivity contribution >= 4 is 23.2 Å². The van der Waals surface area contributed by atoms with Gasteiger partial charge in [0, 0.05) is 25.0 Å². The molecule has 0 aliphatic heterocycles. The van der Waals surface area contributed by atoms with Gasteiger partial charge in [-0.05, 0) is 19.8 Å². The van der Waals surface area contributed by atoms with E-state index in [0.717, 1.165) is 11.4 Å². The first kappa shape index (κ1) is 13.6. The van der Waals surface area contributed by atoms with Crippen molar-refractivity contribution in [3.05, 3.63) is 16.6 Å². The van der Waals surface area contributed by atoms with Crippen molar-refractivity contribution in [1.82, 2.24) is 9.88 Å². The second kappa shape index (κ2) is 6.34. The summed E-state index contributed by atoms with van der Waals surface area (Å²) >= 11 is 1.56. The number of carboxylic acids is 1. The van der Waals surface area contributed by atoms with Crippen LogP contribution in [0.25, 0.3) is 0 Å². The van der Waals surface area contributed by atoms with Gasteiger partial charge in [-0.3, -0.25) is 4.79 Å². The molecule has 0 aromatic carbocycles. The predicted octanol–water partition coefficient (Wildman–Crippen LogP) is 1.40. The van der Waals surface area contributed by atoms with Gasteiger partial charge in [0.15, 0.2) is 0 Å². The van der Waals surface area contributed by atoms with Crippen molar-refractivity contribution in [2.75, 3.05) is 7.05 Å². The van der Waals surface area contributed by atoms with E-state index >= 15 is 0 Å². The number of carbonyl (C=O) groups is 2. The summed E-state index contributed by atoms with van der Waals surface area (Å²) in [6, 6.07) is -0.776. The number of rotatable bonds is 6. The predicted molar refractivity (Wildman–Crippen MR) is 64.9 cm³/mol. The van der Waals surface area contributed by atoms with Crippen LogP contribution < -0.4 is 0 Å². The third kappa shape index (κ3) is 4.14. The van der Waals surface area contributed by atoms with Crippen molar-refractivity contribution in [3.8, 4) is 0 Å². The molecular weight excluding hydrogens is 240 g/mol. The molecule has 0 saturated heterocycles. The summed E-state index contributed by atoms with van der Waals surface area (Å²) in [5.41, 5.74) is 0. The van der Waals surface area contributed by atoms with Crippen LogP contribution in [0.4, 0.5) is 0 Å². The van der Waals surface area contributed by atoms with E-state index in [0.29, 0.717) is 12.8 Å². The van der Waals surface area contributed by atoms with Crippen LogP contribution >= 0.6 is 11.3 Å². The lowest BCUT2D eigenvalue weighted by Crippen LogP contribution is -2.40. The maximum atomic E-state index is 11.7. The fraction of sp³-hybridized carbons (Fsp3) is 0.545. The molecule has 1 atom stereocenters. The number of hydrogen-bond acceptors (Lipinski definition) is 4. The molecule has 0 aliphatic rings. The van der Waals surface area contributed by atoms with Crippen LogP contribution in [0.1, 0.15) is 24.8 Å². The number of aromatic nitrogens is 1. The van der Waals surface area contributed by atoms with Gasteiger partial charge in [-0.25, -0.2) is 9.78 Å².